The fourth-order valence-corrected chi connectivity index (χ4v) is 4.32. The van der Waals surface area contributed by atoms with Crippen LogP contribution in [0.3, 0.4) is 0 Å². The molecule has 2 heterocycles. The van der Waals surface area contributed by atoms with Gasteiger partial charge in [0.25, 0.3) is 11.8 Å². The van der Waals surface area contributed by atoms with E-state index in [9.17, 15) is 9.59 Å². The van der Waals surface area contributed by atoms with Gasteiger partial charge in [-0.3, -0.25) is 9.59 Å². The summed E-state index contributed by atoms with van der Waals surface area (Å²) >= 11 is 8.75. The first-order valence-electron chi connectivity index (χ1n) is 6.49. The van der Waals surface area contributed by atoms with Crippen molar-refractivity contribution >= 4 is 46.5 Å². The van der Waals surface area contributed by atoms with Crippen molar-refractivity contribution in [1.29, 1.82) is 0 Å². The minimum Gasteiger partial charge on any atom is -0.367 e. The van der Waals surface area contributed by atoms with Crippen LogP contribution in [0.4, 0.5) is 0 Å². The molecule has 2 amide bonds. The van der Waals surface area contributed by atoms with Gasteiger partial charge in [0.05, 0.1) is 10.4 Å². The zero-order chi connectivity index (χ0) is 15.7. The highest BCUT2D eigenvalue weighted by molar-refractivity contribution is 8.00. The van der Waals surface area contributed by atoms with Crippen molar-refractivity contribution in [1.82, 2.24) is 9.88 Å². The summed E-state index contributed by atoms with van der Waals surface area (Å²) < 4.78 is 0. The molecule has 1 aliphatic heterocycles. The van der Waals surface area contributed by atoms with Crippen LogP contribution < -0.4 is 5.73 Å². The Hall–Kier alpha value is -1.57. The molecule has 1 atom stereocenters. The number of thiazole rings is 1. The van der Waals surface area contributed by atoms with E-state index in [-0.39, 0.29) is 5.91 Å². The number of rotatable bonds is 3. The van der Waals surface area contributed by atoms with E-state index in [4.69, 9.17) is 17.3 Å². The third kappa shape index (κ3) is 2.84. The molecule has 0 radical (unpaired) electrons. The Morgan fingerprint density at radius 1 is 1.41 bits per heavy atom. The summed E-state index contributed by atoms with van der Waals surface area (Å²) in [6.45, 7) is 0.490. The summed E-state index contributed by atoms with van der Waals surface area (Å²) in [5, 5.41) is -0.0301. The van der Waals surface area contributed by atoms with E-state index < -0.39 is 11.3 Å². The summed E-state index contributed by atoms with van der Waals surface area (Å²) in [7, 11) is 0. The highest BCUT2D eigenvalue weighted by Gasteiger charge is 2.35. The molecule has 0 aliphatic carbocycles. The van der Waals surface area contributed by atoms with Gasteiger partial charge in [-0.2, -0.15) is 0 Å². The second-order valence-electron chi connectivity index (χ2n) is 4.66. The molecule has 3 rings (SSSR count). The Labute approximate surface area is 140 Å². The average Bonchev–Trinajstić information content (AvgIpc) is 3.15. The van der Waals surface area contributed by atoms with Crippen molar-refractivity contribution < 1.29 is 9.59 Å². The lowest BCUT2D eigenvalue weighted by molar-refractivity contribution is -0.119. The molecule has 0 saturated carbocycles. The van der Waals surface area contributed by atoms with Crippen molar-refractivity contribution in [2.24, 2.45) is 5.73 Å². The lowest BCUT2D eigenvalue weighted by Gasteiger charge is -2.20. The van der Waals surface area contributed by atoms with Crippen LogP contribution in [0.2, 0.25) is 5.02 Å². The molecule has 2 N–H and O–H groups in total. The number of aromatic nitrogens is 1. The molecule has 8 heteroatoms. The number of amides is 2. The van der Waals surface area contributed by atoms with Crippen LogP contribution in [-0.4, -0.2) is 39.4 Å². The van der Waals surface area contributed by atoms with E-state index in [0.29, 0.717) is 23.0 Å². The molecule has 1 unspecified atom stereocenters. The first-order chi connectivity index (χ1) is 10.6. The van der Waals surface area contributed by atoms with Gasteiger partial charge in [-0.1, -0.05) is 23.7 Å². The summed E-state index contributed by atoms with van der Waals surface area (Å²) in [5.74, 6) is -0.0869. The Morgan fingerprint density at radius 2 is 2.23 bits per heavy atom. The Kier molecular flexibility index (Phi) is 4.37. The lowest BCUT2D eigenvalue weighted by Crippen LogP contribution is -2.42. The Bertz CT molecular complexity index is 734. The number of hydrogen-bond acceptors (Lipinski definition) is 5. The number of hydrogen-bond donors (Lipinski definition) is 1. The fraction of sp³-hybridized carbons (Fsp3) is 0.214. The molecule has 1 aromatic heterocycles. The zero-order valence-electron chi connectivity index (χ0n) is 11.4. The number of thioether (sulfide) groups is 1. The molecular formula is C14H12ClN3O2S2. The average molecular weight is 354 g/mol. The molecule has 5 nitrogen and oxygen atoms in total. The SMILES string of the molecule is NC(=O)C1SCCN1C(=O)c1ncsc1-c1cccc(Cl)c1. The Morgan fingerprint density at radius 3 is 2.95 bits per heavy atom. The van der Waals surface area contributed by atoms with Gasteiger partial charge < -0.3 is 10.6 Å². The fourth-order valence-electron chi connectivity index (χ4n) is 2.28. The number of halogens is 1. The van der Waals surface area contributed by atoms with Gasteiger partial charge in [0.1, 0.15) is 5.69 Å². The second-order valence-corrected chi connectivity index (χ2v) is 7.14. The molecule has 1 fully saturated rings. The van der Waals surface area contributed by atoms with Crippen LogP contribution >= 0.6 is 34.7 Å². The van der Waals surface area contributed by atoms with Gasteiger partial charge in [0, 0.05) is 17.3 Å². The van der Waals surface area contributed by atoms with E-state index in [1.807, 2.05) is 12.1 Å². The van der Waals surface area contributed by atoms with E-state index in [1.54, 1.807) is 17.6 Å². The van der Waals surface area contributed by atoms with Crippen LogP contribution in [0.25, 0.3) is 10.4 Å². The smallest absolute Gasteiger partial charge is 0.275 e. The number of nitrogens with zero attached hydrogens (tertiary/aromatic N) is 2. The van der Waals surface area contributed by atoms with Gasteiger partial charge in [0.2, 0.25) is 0 Å². The molecule has 1 aromatic carbocycles. The monoisotopic (exact) mass is 353 g/mol. The first kappa shape index (κ1) is 15.3. The topological polar surface area (TPSA) is 76.3 Å². The van der Waals surface area contributed by atoms with Crippen LogP contribution in [0.5, 0.6) is 0 Å². The second kappa shape index (κ2) is 6.28. The molecule has 114 valence electrons. The van der Waals surface area contributed by atoms with E-state index in [0.717, 1.165) is 10.4 Å². The molecule has 1 saturated heterocycles. The molecule has 1 aliphatic rings. The number of benzene rings is 1. The summed E-state index contributed by atoms with van der Waals surface area (Å²) in [4.78, 5) is 30.6. The van der Waals surface area contributed by atoms with E-state index in [1.165, 1.54) is 28.0 Å². The number of nitrogens with two attached hydrogens (primary N) is 1. The molecule has 22 heavy (non-hydrogen) atoms. The summed E-state index contributed by atoms with van der Waals surface area (Å²) in [6, 6.07) is 7.26. The van der Waals surface area contributed by atoms with Gasteiger partial charge >= 0.3 is 0 Å². The van der Waals surface area contributed by atoms with Crippen molar-refractivity contribution in [2.45, 2.75) is 5.37 Å². The maximum Gasteiger partial charge on any atom is 0.275 e. The molecular weight excluding hydrogens is 342 g/mol. The molecule has 2 aromatic rings. The van der Waals surface area contributed by atoms with E-state index >= 15 is 0 Å². The largest absolute Gasteiger partial charge is 0.367 e. The third-order valence-electron chi connectivity index (χ3n) is 3.25. The summed E-state index contributed by atoms with van der Waals surface area (Å²) in [5.41, 5.74) is 8.14. The number of primary amides is 1. The van der Waals surface area contributed by atoms with Crippen LogP contribution in [0, 0.1) is 0 Å². The summed E-state index contributed by atoms with van der Waals surface area (Å²) in [6.07, 6.45) is 0. The predicted molar refractivity (Wildman–Crippen MR) is 89.0 cm³/mol. The van der Waals surface area contributed by atoms with Crippen molar-refractivity contribution in [3.8, 4) is 10.4 Å². The van der Waals surface area contributed by atoms with Gasteiger partial charge in [0.15, 0.2) is 5.37 Å². The number of carbonyl (C=O) groups is 2. The lowest BCUT2D eigenvalue weighted by atomic mass is 10.1. The molecule has 0 bridgehead atoms. The van der Waals surface area contributed by atoms with Crippen molar-refractivity contribution in [2.75, 3.05) is 12.3 Å². The van der Waals surface area contributed by atoms with Gasteiger partial charge in [-0.25, -0.2) is 4.98 Å². The quantitative estimate of drug-likeness (QED) is 0.919. The zero-order valence-corrected chi connectivity index (χ0v) is 13.7. The van der Waals surface area contributed by atoms with Crippen LogP contribution in [0.15, 0.2) is 29.8 Å². The van der Waals surface area contributed by atoms with Gasteiger partial charge in [-0.15, -0.1) is 23.1 Å². The normalized spacial score (nSPS) is 17.7. The maximum atomic E-state index is 12.7. The predicted octanol–water partition coefficient (Wildman–Crippen LogP) is 2.46. The minimum atomic E-state index is -0.624. The standard InChI is InChI=1S/C14H12ClN3O2S2/c15-9-3-1-2-8(6-9)11-10(17-7-22-11)13(20)18-4-5-21-14(18)12(16)19/h1-3,6-7,14H,4-5H2,(H2,16,19). The van der Waals surface area contributed by atoms with Gasteiger partial charge in [-0.05, 0) is 17.7 Å². The minimum absolute atomic E-state index is 0.273. The number of carbonyl (C=O) groups excluding carboxylic acids is 2. The van der Waals surface area contributed by atoms with E-state index in [2.05, 4.69) is 4.98 Å². The highest BCUT2D eigenvalue weighted by atomic mass is 35.5. The first-order valence-corrected chi connectivity index (χ1v) is 8.80. The van der Waals surface area contributed by atoms with Crippen LogP contribution in [-0.2, 0) is 4.79 Å². The van der Waals surface area contributed by atoms with Crippen LogP contribution in [0.1, 0.15) is 10.5 Å². The highest BCUT2D eigenvalue weighted by Crippen LogP contribution is 2.32. The van der Waals surface area contributed by atoms with Crippen molar-refractivity contribution in [3.05, 3.63) is 40.5 Å². The maximum absolute atomic E-state index is 12.7. The molecule has 0 spiro atoms. The van der Waals surface area contributed by atoms with Crippen molar-refractivity contribution in [3.63, 3.8) is 0 Å². The third-order valence-corrected chi connectivity index (χ3v) is 5.58. The Balaban J connectivity index is 1.95.